The molecule has 3 rings (SSSR count). The Labute approximate surface area is 150 Å². The highest BCUT2D eigenvalue weighted by Crippen LogP contribution is 2.42. The van der Waals surface area contributed by atoms with Gasteiger partial charge in [0.05, 0.1) is 19.2 Å². The average molecular weight is 358 g/mol. The molecule has 2 aromatic rings. The second kappa shape index (κ2) is 5.83. The van der Waals surface area contributed by atoms with Crippen LogP contribution in [0.2, 0.25) is 19.6 Å². The van der Waals surface area contributed by atoms with Gasteiger partial charge in [0.2, 0.25) is 5.91 Å². The number of benzene rings is 1. The van der Waals surface area contributed by atoms with E-state index in [1.807, 2.05) is 45.0 Å². The van der Waals surface area contributed by atoms with E-state index in [2.05, 4.69) is 19.6 Å². The van der Waals surface area contributed by atoms with Gasteiger partial charge in [-0.1, -0.05) is 37.8 Å². The molecule has 134 valence electrons. The van der Waals surface area contributed by atoms with Crippen LogP contribution in [0.1, 0.15) is 60.0 Å². The molecule has 1 unspecified atom stereocenters. The zero-order valence-corrected chi connectivity index (χ0v) is 17.0. The Morgan fingerprint density at radius 3 is 2.44 bits per heavy atom. The average Bonchev–Trinajstić information content (AvgIpc) is 2.80. The van der Waals surface area contributed by atoms with Gasteiger partial charge in [0.15, 0.2) is 0 Å². The fourth-order valence-corrected chi connectivity index (χ4v) is 5.87. The Hall–Kier alpha value is -1.88. The summed E-state index contributed by atoms with van der Waals surface area (Å²) in [6, 6.07) is 7.68. The molecule has 0 aliphatic carbocycles. The van der Waals surface area contributed by atoms with E-state index >= 15 is 0 Å². The Morgan fingerprint density at radius 1 is 1.20 bits per heavy atom. The summed E-state index contributed by atoms with van der Waals surface area (Å²) in [7, 11) is -1.62. The molecule has 2 heterocycles. The molecular formula is C20H27NO3Si. The molecule has 1 atom stereocenters. The minimum atomic E-state index is -1.62. The summed E-state index contributed by atoms with van der Waals surface area (Å²) in [5.41, 5.74) is 1.99. The van der Waals surface area contributed by atoms with Gasteiger partial charge in [-0.2, -0.15) is 0 Å². The molecule has 0 saturated carbocycles. The number of aromatic nitrogens is 1. The number of para-hydroxylation sites is 1. The highest BCUT2D eigenvalue weighted by Gasteiger charge is 2.41. The molecule has 0 saturated heterocycles. The molecule has 0 bridgehead atoms. The van der Waals surface area contributed by atoms with Gasteiger partial charge >= 0.3 is 5.97 Å². The van der Waals surface area contributed by atoms with Gasteiger partial charge in [0.25, 0.3) is 0 Å². The normalized spacial score (nSPS) is 18.3. The van der Waals surface area contributed by atoms with Crippen LogP contribution >= 0.6 is 0 Å². The number of esters is 1. The molecule has 0 radical (unpaired) electrons. The van der Waals surface area contributed by atoms with Crippen LogP contribution in [0.15, 0.2) is 24.3 Å². The Morgan fingerprint density at radius 2 is 1.84 bits per heavy atom. The number of rotatable bonds is 2. The van der Waals surface area contributed by atoms with Crippen LogP contribution in [0.3, 0.4) is 0 Å². The third-order valence-electron chi connectivity index (χ3n) is 4.79. The van der Waals surface area contributed by atoms with Crippen LogP contribution in [0, 0.1) is 0 Å². The van der Waals surface area contributed by atoms with Gasteiger partial charge in [-0.25, -0.2) is 4.79 Å². The Kier molecular flexibility index (Phi) is 4.18. The first-order valence-electron chi connectivity index (χ1n) is 8.90. The molecule has 1 aliphatic heterocycles. The third kappa shape index (κ3) is 3.17. The lowest BCUT2D eigenvalue weighted by molar-refractivity contribution is 0.00703. The van der Waals surface area contributed by atoms with E-state index in [1.54, 1.807) is 4.57 Å². The Bertz CT molecular complexity index is 852. The van der Waals surface area contributed by atoms with E-state index in [0.29, 0.717) is 12.0 Å². The largest absolute Gasteiger partial charge is 0.456 e. The van der Waals surface area contributed by atoms with Crippen molar-refractivity contribution in [1.29, 1.82) is 0 Å². The smallest absolute Gasteiger partial charge is 0.341 e. The summed E-state index contributed by atoms with van der Waals surface area (Å²) in [6.07, 6.45) is 1.36. The lowest BCUT2D eigenvalue weighted by atomic mass is 10.0. The first-order valence-corrected chi connectivity index (χ1v) is 12.5. The molecule has 0 N–H and O–H groups in total. The SMILES string of the molecule is CC(C)(C)OC(=O)c1c2n(c3ccccc13)C(=O)CCC2[Si](C)(C)C. The second-order valence-electron chi connectivity index (χ2n) is 8.97. The molecule has 4 nitrogen and oxygen atoms in total. The summed E-state index contributed by atoms with van der Waals surface area (Å²) in [4.78, 5) is 25.8. The summed E-state index contributed by atoms with van der Waals surface area (Å²) in [5.74, 6) is -0.245. The van der Waals surface area contributed by atoms with Crippen LogP contribution in [0.5, 0.6) is 0 Å². The topological polar surface area (TPSA) is 48.3 Å². The number of fused-ring (bicyclic) bond motifs is 3. The minimum absolute atomic E-state index is 0.0792. The number of nitrogens with zero attached hydrogens (tertiary/aromatic N) is 1. The van der Waals surface area contributed by atoms with Gasteiger partial charge in [0, 0.05) is 17.5 Å². The molecule has 1 aliphatic rings. The van der Waals surface area contributed by atoms with Gasteiger partial charge < -0.3 is 4.74 Å². The number of hydrogen-bond donors (Lipinski definition) is 0. The van der Waals surface area contributed by atoms with Gasteiger partial charge in [-0.15, -0.1) is 0 Å². The summed E-state index contributed by atoms with van der Waals surface area (Å²) >= 11 is 0. The first-order chi connectivity index (χ1) is 11.5. The van der Waals surface area contributed by atoms with E-state index in [1.165, 1.54) is 0 Å². The van der Waals surface area contributed by atoms with E-state index < -0.39 is 13.7 Å². The van der Waals surface area contributed by atoms with E-state index in [0.717, 1.165) is 23.0 Å². The molecule has 0 amide bonds. The van der Waals surface area contributed by atoms with Crippen molar-refractivity contribution in [3.63, 3.8) is 0 Å². The predicted octanol–water partition coefficient (Wildman–Crippen LogP) is 4.99. The molecule has 25 heavy (non-hydrogen) atoms. The summed E-state index contributed by atoms with van der Waals surface area (Å²) < 4.78 is 7.50. The lowest BCUT2D eigenvalue weighted by Gasteiger charge is -2.34. The zero-order valence-electron chi connectivity index (χ0n) is 16.0. The first kappa shape index (κ1) is 17.9. The highest BCUT2D eigenvalue weighted by molar-refractivity contribution is 6.77. The third-order valence-corrected chi connectivity index (χ3v) is 7.44. The monoisotopic (exact) mass is 357 g/mol. The van der Waals surface area contributed by atoms with Crippen molar-refractivity contribution in [2.75, 3.05) is 0 Å². The number of carbonyl (C=O) groups is 2. The number of carbonyl (C=O) groups excluding carboxylic acids is 2. The van der Waals surface area contributed by atoms with Gasteiger partial charge in [-0.05, 0) is 38.8 Å². The minimum Gasteiger partial charge on any atom is -0.456 e. The predicted molar refractivity (Wildman–Crippen MR) is 103 cm³/mol. The molecule has 0 spiro atoms. The van der Waals surface area contributed by atoms with Crippen LogP contribution in [0.25, 0.3) is 10.9 Å². The maximum Gasteiger partial charge on any atom is 0.341 e. The van der Waals surface area contributed by atoms with Gasteiger partial charge in [-0.3, -0.25) is 9.36 Å². The number of ether oxygens (including phenoxy) is 1. The zero-order chi connectivity index (χ0) is 18.6. The fourth-order valence-electron chi connectivity index (χ4n) is 3.76. The van der Waals surface area contributed by atoms with Crippen molar-refractivity contribution < 1.29 is 14.3 Å². The second-order valence-corrected chi connectivity index (χ2v) is 14.4. The van der Waals surface area contributed by atoms with Crippen LogP contribution in [0.4, 0.5) is 0 Å². The van der Waals surface area contributed by atoms with Crippen molar-refractivity contribution in [2.24, 2.45) is 0 Å². The van der Waals surface area contributed by atoms with E-state index in [-0.39, 0.29) is 17.4 Å². The maximum atomic E-state index is 13.1. The van der Waals surface area contributed by atoms with Crippen molar-refractivity contribution in [1.82, 2.24) is 4.57 Å². The Balaban J connectivity index is 2.32. The van der Waals surface area contributed by atoms with Crippen molar-refractivity contribution in [3.05, 3.63) is 35.5 Å². The van der Waals surface area contributed by atoms with Crippen LogP contribution in [-0.2, 0) is 4.74 Å². The molecule has 5 heteroatoms. The fraction of sp³-hybridized carbons (Fsp3) is 0.500. The molecule has 1 aromatic heterocycles. The summed E-state index contributed by atoms with van der Waals surface area (Å²) in [6.45, 7) is 12.5. The number of hydrogen-bond acceptors (Lipinski definition) is 3. The van der Waals surface area contributed by atoms with Crippen molar-refractivity contribution >= 4 is 30.9 Å². The molecule has 1 aromatic carbocycles. The van der Waals surface area contributed by atoms with Crippen molar-refractivity contribution in [3.8, 4) is 0 Å². The lowest BCUT2D eigenvalue weighted by Crippen LogP contribution is -2.38. The quantitative estimate of drug-likeness (QED) is 0.562. The standard InChI is InChI=1S/C20H27NO3Si/c1-20(2,3)24-19(23)17-13-9-7-8-10-14(13)21-16(22)12-11-15(18(17)21)25(4,5)6/h7-10,15H,11-12H2,1-6H3. The molecule has 0 fully saturated rings. The van der Waals surface area contributed by atoms with E-state index in [4.69, 9.17) is 4.74 Å². The van der Waals surface area contributed by atoms with Crippen LogP contribution in [-0.4, -0.2) is 30.1 Å². The molecular weight excluding hydrogens is 330 g/mol. The maximum absolute atomic E-state index is 13.1. The highest BCUT2D eigenvalue weighted by atomic mass is 28.3. The van der Waals surface area contributed by atoms with E-state index in [9.17, 15) is 9.59 Å². The summed E-state index contributed by atoms with van der Waals surface area (Å²) in [5, 5.41) is 0.824. The van der Waals surface area contributed by atoms with Crippen molar-refractivity contribution in [2.45, 2.75) is 64.4 Å². The van der Waals surface area contributed by atoms with Crippen LogP contribution < -0.4 is 0 Å². The van der Waals surface area contributed by atoms with Gasteiger partial charge in [0.1, 0.15) is 5.60 Å².